The molecule has 0 saturated carbocycles. The molecule has 1 N–H and O–H groups in total. The number of benzene rings is 1. The summed E-state index contributed by atoms with van der Waals surface area (Å²) in [5, 5.41) is 11.3. The van der Waals surface area contributed by atoms with Crippen molar-refractivity contribution < 1.29 is 9.18 Å². The maximum Gasteiger partial charge on any atom is 0.332 e. The van der Waals surface area contributed by atoms with Gasteiger partial charge in [-0.3, -0.25) is 18.7 Å². The first-order valence-corrected chi connectivity index (χ1v) is 9.62. The van der Waals surface area contributed by atoms with Gasteiger partial charge in [0, 0.05) is 20.6 Å². The van der Waals surface area contributed by atoms with Crippen molar-refractivity contribution in [3.8, 4) is 0 Å². The van der Waals surface area contributed by atoms with E-state index in [-0.39, 0.29) is 35.1 Å². The van der Waals surface area contributed by atoms with E-state index >= 15 is 0 Å². The van der Waals surface area contributed by atoms with E-state index in [1.165, 1.54) is 37.1 Å². The van der Waals surface area contributed by atoms with Gasteiger partial charge in [0.1, 0.15) is 10.8 Å². The Hall–Kier alpha value is -3.67. The number of fused-ring (bicyclic) bond motifs is 1. The standard InChI is InChI=1S/C18H16FN7O3S/c1-24-14-13(17(28)25(2)18(24)29)26(9-21-14)8-12-22-23-16(30-12)15(27)20-7-10-3-5-11(19)6-4-10/h3-6,9H,7-8H2,1-2H3,(H,20,27). The van der Waals surface area contributed by atoms with Gasteiger partial charge in [-0.05, 0) is 17.7 Å². The first kappa shape index (κ1) is 19.6. The lowest BCUT2D eigenvalue weighted by Gasteiger charge is -2.05. The van der Waals surface area contributed by atoms with Crippen LogP contribution in [0.1, 0.15) is 20.4 Å². The fourth-order valence-corrected chi connectivity index (χ4v) is 3.69. The Labute approximate surface area is 172 Å². The summed E-state index contributed by atoms with van der Waals surface area (Å²) in [4.78, 5) is 41.0. The average Bonchev–Trinajstić information content (AvgIpc) is 3.38. The maximum absolute atomic E-state index is 12.9. The van der Waals surface area contributed by atoms with Crippen LogP contribution < -0.4 is 16.6 Å². The Morgan fingerprint density at radius 3 is 2.60 bits per heavy atom. The Bertz CT molecular complexity index is 1370. The monoisotopic (exact) mass is 429 g/mol. The normalized spacial score (nSPS) is 11.2. The van der Waals surface area contributed by atoms with Crippen LogP contribution in [0.2, 0.25) is 0 Å². The van der Waals surface area contributed by atoms with Gasteiger partial charge in [0.25, 0.3) is 11.5 Å². The Morgan fingerprint density at radius 2 is 1.87 bits per heavy atom. The summed E-state index contributed by atoms with van der Waals surface area (Å²) in [5.74, 6) is -0.752. The minimum atomic E-state index is -0.465. The highest BCUT2D eigenvalue weighted by Gasteiger charge is 2.17. The molecule has 0 spiro atoms. The second-order valence-corrected chi connectivity index (χ2v) is 7.62. The molecule has 3 heterocycles. The molecule has 0 aliphatic carbocycles. The number of imidazole rings is 1. The predicted octanol–water partition coefficient (Wildman–Crippen LogP) is 0.403. The van der Waals surface area contributed by atoms with Crippen molar-refractivity contribution in [3.05, 3.63) is 72.8 Å². The van der Waals surface area contributed by atoms with E-state index in [4.69, 9.17) is 0 Å². The predicted molar refractivity (Wildman–Crippen MR) is 107 cm³/mol. The fraction of sp³-hybridized carbons (Fsp3) is 0.222. The first-order chi connectivity index (χ1) is 14.3. The van der Waals surface area contributed by atoms with E-state index in [1.807, 2.05) is 0 Å². The highest BCUT2D eigenvalue weighted by molar-refractivity contribution is 7.13. The first-order valence-electron chi connectivity index (χ1n) is 8.81. The van der Waals surface area contributed by atoms with Gasteiger partial charge in [-0.15, -0.1) is 10.2 Å². The van der Waals surface area contributed by atoms with Crippen LogP contribution in [0.4, 0.5) is 4.39 Å². The Balaban J connectivity index is 1.52. The second kappa shape index (κ2) is 7.63. The lowest BCUT2D eigenvalue weighted by atomic mass is 10.2. The third-order valence-corrected chi connectivity index (χ3v) is 5.46. The van der Waals surface area contributed by atoms with Crippen LogP contribution in [0.25, 0.3) is 11.2 Å². The third-order valence-electron chi connectivity index (χ3n) is 4.55. The summed E-state index contributed by atoms with van der Waals surface area (Å²) in [7, 11) is 2.94. The summed E-state index contributed by atoms with van der Waals surface area (Å²) in [6, 6.07) is 5.80. The SMILES string of the molecule is Cn1c(=O)c2c(ncn2Cc2nnc(C(=O)NCc3ccc(F)cc3)s2)n(C)c1=O. The van der Waals surface area contributed by atoms with Crippen LogP contribution >= 0.6 is 11.3 Å². The van der Waals surface area contributed by atoms with Crippen LogP contribution in [-0.2, 0) is 27.2 Å². The lowest BCUT2D eigenvalue weighted by Crippen LogP contribution is -2.37. The molecule has 30 heavy (non-hydrogen) atoms. The number of amides is 1. The molecule has 1 aromatic carbocycles. The molecule has 0 radical (unpaired) electrons. The molecule has 0 bridgehead atoms. The van der Waals surface area contributed by atoms with Gasteiger partial charge < -0.3 is 9.88 Å². The number of hydrogen-bond donors (Lipinski definition) is 1. The Morgan fingerprint density at radius 1 is 1.13 bits per heavy atom. The summed E-state index contributed by atoms with van der Waals surface area (Å²) >= 11 is 1.08. The van der Waals surface area contributed by atoms with Gasteiger partial charge in [0.15, 0.2) is 11.2 Å². The minimum Gasteiger partial charge on any atom is -0.346 e. The van der Waals surface area contributed by atoms with Crippen LogP contribution in [0, 0.1) is 5.82 Å². The molecule has 4 aromatic rings. The van der Waals surface area contributed by atoms with Gasteiger partial charge in [-0.1, -0.05) is 23.5 Å². The number of halogens is 1. The largest absolute Gasteiger partial charge is 0.346 e. The van der Waals surface area contributed by atoms with Gasteiger partial charge in [0.05, 0.1) is 12.9 Å². The molecule has 10 nitrogen and oxygen atoms in total. The molecule has 0 saturated heterocycles. The molecule has 12 heteroatoms. The van der Waals surface area contributed by atoms with Crippen molar-refractivity contribution >= 4 is 28.4 Å². The molecule has 4 rings (SSSR count). The Kier molecular flexibility index (Phi) is 4.99. The topological polar surface area (TPSA) is 117 Å². The van der Waals surface area contributed by atoms with Crippen LogP contribution in [-0.4, -0.2) is 34.8 Å². The lowest BCUT2D eigenvalue weighted by molar-refractivity contribution is 0.0950. The van der Waals surface area contributed by atoms with E-state index in [0.717, 1.165) is 21.5 Å². The van der Waals surface area contributed by atoms with Crippen molar-refractivity contribution in [1.82, 2.24) is 34.2 Å². The third kappa shape index (κ3) is 3.52. The molecule has 1 amide bonds. The molecule has 3 aromatic heterocycles. The molecular formula is C18H16FN7O3S. The number of rotatable bonds is 5. The van der Waals surface area contributed by atoms with E-state index < -0.39 is 17.2 Å². The smallest absolute Gasteiger partial charge is 0.332 e. The van der Waals surface area contributed by atoms with Crippen LogP contribution in [0.15, 0.2) is 40.2 Å². The zero-order valence-corrected chi connectivity index (χ0v) is 16.8. The van der Waals surface area contributed by atoms with Crippen LogP contribution in [0.5, 0.6) is 0 Å². The summed E-state index contributed by atoms with van der Waals surface area (Å²) in [6.45, 7) is 0.400. The average molecular weight is 429 g/mol. The minimum absolute atomic E-state index is 0.164. The zero-order chi connectivity index (χ0) is 21.4. The molecule has 0 unspecified atom stereocenters. The van der Waals surface area contributed by atoms with Crippen LogP contribution in [0.3, 0.4) is 0 Å². The number of carbonyl (C=O) groups is 1. The van der Waals surface area contributed by atoms with E-state index in [1.54, 1.807) is 16.7 Å². The molecular weight excluding hydrogens is 413 g/mol. The zero-order valence-electron chi connectivity index (χ0n) is 16.0. The van der Waals surface area contributed by atoms with Crippen molar-refractivity contribution in [2.24, 2.45) is 14.1 Å². The van der Waals surface area contributed by atoms with Crippen molar-refractivity contribution in [2.75, 3.05) is 0 Å². The summed E-state index contributed by atoms with van der Waals surface area (Å²) < 4.78 is 16.8. The summed E-state index contributed by atoms with van der Waals surface area (Å²) in [6.07, 6.45) is 1.45. The van der Waals surface area contributed by atoms with E-state index in [2.05, 4.69) is 20.5 Å². The molecule has 0 aliphatic heterocycles. The highest BCUT2D eigenvalue weighted by Crippen LogP contribution is 2.14. The van der Waals surface area contributed by atoms with Gasteiger partial charge in [0.2, 0.25) is 5.01 Å². The van der Waals surface area contributed by atoms with Gasteiger partial charge in [-0.25, -0.2) is 14.2 Å². The number of nitrogens with zero attached hydrogens (tertiary/aromatic N) is 6. The van der Waals surface area contributed by atoms with Crippen molar-refractivity contribution in [1.29, 1.82) is 0 Å². The number of nitrogens with one attached hydrogen (secondary N) is 1. The summed E-state index contributed by atoms with van der Waals surface area (Å²) in [5.41, 5.74) is 0.351. The number of hydrogen-bond acceptors (Lipinski definition) is 7. The molecule has 0 aliphatic rings. The highest BCUT2D eigenvalue weighted by atomic mass is 32.1. The van der Waals surface area contributed by atoms with E-state index in [0.29, 0.717) is 5.01 Å². The molecule has 0 atom stereocenters. The second-order valence-electron chi connectivity index (χ2n) is 6.56. The maximum atomic E-state index is 12.9. The number of aryl methyl sites for hydroxylation is 1. The van der Waals surface area contributed by atoms with Crippen molar-refractivity contribution in [2.45, 2.75) is 13.1 Å². The van der Waals surface area contributed by atoms with Gasteiger partial charge in [-0.2, -0.15) is 0 Å². The molecule has 0 fully saturated rings. The van der Waals surface area contributed by atoms with Crippen molar-refractivity contribution in [3.63, 3.8) is 0 Å². The number of carbonyl (C=O) groups excluding carboxylic acids is 1. The number of aromatic nitrogens is 6. The molecule has 154 valence electrons. The fourth-order valence-electron chi connectivity index (χ4n) is 2.93. The quantitative estimate of drug-likeness (QED) is 0.491. The van der Waals surface area contributed by atoms with Gasteiger partial charge >= 0.3 is 5.69 Å². The van der Waals surface area contributed by atoms with E-state index in [9.17, 15) is 18.8 Å².